The van der Waals surface area contributed by atoms with Gasteiger partial charge >= 0.3 is 0 Å². The third-order valence-corrected chi connectivity index (χ3v) is 4.63. The molecule has 4 heteroatoms. The zero-order valence-electron chi connectivity index (χ0n) is 9.73. The molecule has 4 aliphatic rings. The van der Waals surface area contributed by atoms with Crippen molar-refractivity contribution in [3.05, 3.63) is 0 Å². The lowest BCUT2D eigenvalue weighted by Crippen LogP contribution is -2.54. The van der Waals surface area contributed by atoms with Gasteiger partial charge in [-0.2, -0.15) is 0 Å². The Kier molecular flexibility index (Phi) is 1.69. The second kappa shape index (κ2) is 2.92. The minimum atomic E-state index is 0.286. The van der Waals surface area contributed by atoms with Gasteiger partial charge in [0.2, 0.25) is 0 Å². The maximum atomic E-state index is 6.07. The number of nitrogens with two attached hydrogens (primary N) is 1. The molecule has 2 heterocycles. The number of likely N-dealkylation sites (tertiary alicyclic amines) is 1. The molecule has 0 radical (unpaired) electrons. The van der Waals surface area contributed by atoms with E-state index in [1.165, 1.54) is 45.2 Å². The molecule has 1 atom stereocenters. The number of rotatable bonds is 2. The van der Waals surface area contributed by atoms with Crippen LogP contribution in [0, 0.1) is 0 Å². The van der Waals surface area contributed by atoms with Crippen LogP contribution in [0.2, 0.25) is 0 Å². The minimum Gasteiger partial charge on any atom is -0.370 e. The molecule has 16 heavy (non-hydrogen) atoms. The molecule has 2 saturated carbocycles. The summed E-state index contributed by atoms with van der Waals surface area (Å²) >= 11 is 0. The third kappa shape index (κ3) is 1.22. The predicted molar refractivity (Wildman–Crippen MR) is 63.3 cm³/mol. The van der Waals surface area contributed by atoms with E-state index in [1.807, 2.05) is 0 Å². The minimum absolute atomic E-state index is 0.286. The molecular weight excluding hydrogens is 200 g/mol. The van der Waals surface area contributed by atoms with Crippen molar-refractivity contribution in [3.63, 3.8) is 0 Å². The van der Waals surface area contributed by atoms with E-state index >= 15 is 0 Å². The SMILES string of the molecule is NC1=NCC2(CCN(C3CC3)C2)N1C1CC1. The number of hydrogen-bond acceptors (Lipinski definition) is 4. The van der Waals surface area contributed by atoms with E-state index in [0.717, 1.165) is 18.5 Å². The molecule has 88 valence electrons. The van der Waals surface area contributed by atoms with Crippen LogP contribution in [0.15, 0.2) is 4.99 Å². The maximum absolute atomic E-state index is 6.07. The Labute approximate surface area is 96.5 Å². The molecule has 0 amide bonds. The molecule has 0 aromatic rings. The molecule has 0 bridgehead atoms. The Bertz CT molecular complexity index is 345. The molecule has 4 nitrogen and oxygen atoms in total. The van der Waals surface area contributed by atoms with Crippen LogP contribution in [0.25, 0.3) is 0 Å². The number of aliphatic imine (C=N–C) groups is 1. The van der Waals surface area contributed by atoms with E-state index in [1.54, 1.807) is 0 Å². The zero-order chi connectivity index (χ0) is 10.8. The van der Waals surface area contributed by atoms with Crippen LogP contribution in [-0.2, 0) is 0 Å². The van der Waals surface area contributed by atoms with Crippen molar-refractivity contribution in [2.45, 2.75) is 49.7 Å². The van der Waals surface area contributed by atoms with Crippen LogP contribution in [-0.4, -0.2) is 53.0 Å². The zero-order valence-corrected chi connectivity index (χ0v) is 9.73. The van der Waals surface area contributed by atoms with Crippen molar-refractivity contribution in [1.82, 2.24) is 9.80 Å². The highest BCUT2D eigenvalue weighted by Crippen LogP contribution is 2.43. The Morgan fingerprint density at radius 2 is 1.94 bits per heavy atom. The van der Waals surface area contributed by atoms with Gasteiger partial charge < -0.3 is 10.6 Å². The molecule has 2 aliphatic heterocycles. The van der Waals surface area contributed by atoms with Crippen LogP contribution >= 0.6 is 0 Å². The van der Waals surface area contributed by atoms with E-state index in [4.69, 9.17) is 5.73 Å². The predicted octanol–water partition coefficient (Wildman–Crippen LogP) is 0.386. The first-order chi connectivity index (χ1) is 7.78. The summed E-state index contributed by atoms with van der Waals surface area (Å²) < 4.78 is 0. The van der Waals surface area contributed by atoms with Gasteiger partial charge in [-0.3, -0.25) is 9.89 Å². The Hall–Kier alpha value is -0.770. The van der Waals surface area contributed by atoms with Gasteiger partial charge in [0.1, 0.15) is 0 Å². The van der Waals surface area contributed by atoms with Gasteiger partial charge in [-0.25, -0.2) is 0 Å². The number of guanidine groups is 1. The number of nitrogens with zero attached hydrogens (tertiary/aromatic N) is 3. The molecule has 2 N–H and O–H groups in total. The molecule has 0 aromatic heterocycles. The summed E-state index contributed by atoms with van der Waals surface area (Å²) in [7, 11) is 0. The van der Waals surface area contributed by atoms with Crippen molar-refractivity contribution in [3.8, 4) is 0 Å². The lowest BCUT2D eigenvalue weighted by molar-refractivity contribution is 0.186. The summed E-state index contributed by atoms with van der Waals surface area (Å²) in [5, 5.41) is 0. The van der Waals surface area contributed by atoms with Crippen molar-refractivity contribution in [2.75, 3.05) is 19.6 Å². The molecule has 0 aromatic carbocycles. The van der Waals surface area contributed by atoms with Crippen LogP contribution in [0.1, 0.15) is 32.1 Å². The average Bonchev–Trinajstić information content (AvgIpc) is 3.18. The Morgan fingerprint density at radius 3 is 2.62 bits per heavy atom. The van der Waals surface area contributed by atoms with E-state index in [0.29, 0.717) is 6.04 Å². The second-order valence-corrected chi connectivity index (χ2v) is 5.95. The average molecular weight is 220 g/mol. The van der Waals surface area contributed by atoms with Gasteiger partial charge in [0.05, 0.1) is 12.1 Å². The largest absolute Gasteiger partial charge is 0.370 e. The molecule has 1 saturated heterocycles. The smallest absolute Gasteiger partial charge is 0.192 e. The lowest BCUT2D eigenvalue weighted by atomic mass is 9.97. The van der Waals surface area contributed by atoms with Crippen LogP contribution in [0.5, 0.6) is 0 Å². The summed E-state index contributed by atoms with van der Waals surface area (Å²) in [5.41, 5.74) is 6.35. The number of hydrogen-bond donors (Lipinski definition) is 1. The topological polar surface area (TPSA) is 44.9 Å². The monoisotopic (exact) mass is 220 g/mol. The van der Waals surface area contributed by atoms with E-state index < -0.39 is 0 Å². The fourth-order valence-electron chi connectivity index (χ4n) is 3.50. The van der Waals surface area contributed by atoms with Gasteiger partial charge in [-0.1, -0.05) is 0 Å². The first-order valence-corrected chi connectivity index (χ1v) is 6.62. The Balaban J connectivity index is 1.57. The first kappa shape index (κ1) is 9.28. The second-order valence-electron chi connectivity index (χ2n) is 5.95. The van der Waals surface area contributed by atoms with Crippen LogP contribution in [0.3, 0.4) is 0 Å². The summed E-state index contributed by atoms with van der Waals surface area (Å²) in [5.74, 6) is 0.820. The first-order valence-electron chi connectivity index (χ1n) is 6.62. The Morgan fingerprint density at radius 1 is 1.19 bits per heavy atom. The van der Waals surface area contributed by atoms with Gasteiger partial charge in [-0.15, -0.1) is 0 Å². The van der Waals surface area contributed by atoms with Crippen molar-refractivity contribution >= 4 is 5.96 Å². The van der Waals surface area contributed by atoms with Crippen molar-refractivity contribution in [1.29, 1.82) is 0 Å². The van der Waals surface area contributed by atoms with Gasteiger partial charge in [0.25, 0.3) is 0 Å². The van der Waals surface area contributed by atoms with E-state index in [-0.39, 0.29) is 5.54 Å². The molecule has 1 unspecified atom stereocenters. The van der Waals surface area contributed by atoms with Gasteiger partial charge in [0, 0.05) is 25.2 Å². The summed E-state index contributed by atoms with van der Waals surface area (Å²) in [6, 6.07) is 1.60. The molecule has 1 spiro atoms. The molecule has 3 fully saturated rings. The van der Waals surface area contributed by atoms with Crippen LogP contribution in [0.4, 0.5) is 0 Å². The molecule has 2 aliphatic carbocycles. The quantitative estimate of drug-likeness (QED) is 0.732. The fraction of sp³-hybridized carbons (Fsp3) is 0.917. The highest BCUT2D eigenvalue weighted by Gasteiger charge is 2.53. The fourth-order valence-corrected chi connectivity index (χ4v) is 3.50. The highest BCUT2D eigenvalue weighted by atomic mass is 15.4. The van der Waals surface area contributed by atoms with Crippen molar-refractivity contribution < 1.29 is 0 Å². The lowest BCUT2D eigenvalue weighted by Gasteiger charge is -2.36. The molecular formula is C12H20N4. The van der Waals surface area contributed by atoms with Crippen LogP contribution < -0.4 is 5.73 Å². The third-order valence-electron chi connectivity index (χ3n) is 4.63. The van der Waals surface area contributed by atoms with Gasteiger partial charge in [0.15, 0.2) is 5.96 Å². The summed E-state index contributed by atoms with van der Waals surface area (Å²) in [6.07, 6.45) is 6.73. The summed E-state index contributed by atoms with van der Waals surface area (Å²) in [4.78, 5) is 9.66. The van der Waals surface area contributed by atoms with E-state index in [2.05, 4.69) is 14.8 Å². The maximum Gasteiger partial charge on any atom is 0.192 e. The summed E-state index contributed by atoms with van der Waals surface area (Å²) in [6.45, 7) is 3.41. The standard InChI is InChI=1S/C12H20N4/c13-11-14-7-12(16(11)10-3-4-10)5-6-15(8-12)9-1-2-9/h9-10H,1-8H2,(H2,13,14). The highest BCUT2D eigenvalue weighted by molar-refractivity contribution is 5.82. The normalized spacial score (nSPS) is 39.8. The van der Waals surface area contributed by atoms with E-state index in [9.17, 15) is 0 Å². The molecule has 4 rings (SSSR count). The van der Waals surface area contributed by atoms with Crippen molar-refractivity contribution in [2.24, 2.45) is 10.7 Å². The van der Waals surface area contributed by atoms with Gasteiger partial charge in [-0.05, 0) is 32.1 Å².